The molecule has 2 aromatic heterocycles. The van der Waals surface area contributed by atoms with Crippen molar-refractivity contribution in [3.8, 4) is 29.0 Å². The van der Waals surface area contributed by atoms with Crippen molar-refractivity contribution in [3.63, 3.8) is 0 Å². The molecule has 0 spiro atoms. The summed E-state index contributed by atoms with van der Waals surface area (Å²) in [5.74, 6) is 0.574. The summed E-state index contributed by atoms with van der Waals surface area (Å²) in [5.41, 5.74) is 10.7. The molecule has 0 aliphatic carbocycles. The highest BCUT2D eigenvalue weighted by Crippen LogP contribution is 2.37. The Morgan fingerprint density at radius 1 is 1.15 bits per heavy atom. The first kappa shape index (κ1) is 28.4. The molecule has 9 nitrogen and oxygen atoms in total. The highest BCUT2D eigenvalue weighted by molar-refractivity contribution is 7.98. The molecule has 1 saturated heterocycles. The number of nitrogens with one attached hydrogen (secondary N) is 1. The van der Waals surface area contributed by atoms with E-state index in [0.29, 0.717) is 46.4 Å². The van der Waals surface area contributed by atoms with Gasteiger partial charge in [-0.05, 0) is 56.2 Å². The van der Waals surface area contributed by atoms with Crippen LogP contribution in [0.25, 0.3) is 11.1 Å². The summed E-state index contributed by atoms with van der Waals surface area (Å²) >= 11 is 2.86. The van der Waals surface area contributed by atoms with Crippen LogP contribution >= 0.6 is 23.1 Å². The van der Waals surface area contributed by atoms with Crippen LogP contribution in [0.5, 0.6) is 5.75 Å². The molecule has 1 atom stereocenters. The van der Waals surface area contributed by atoms with E-state index >= 15 is 0 Å². The van der Waals surface area contributed by atoms with Crippen LogP contribution in [-0.2, 0) is 15.2 Å². The number of thioether (sulfide) groups is 1. The lowest BCUT2D eigenvalue weighted by Crippen LogP contribution is -2.25. The van der Waals surface area contributed by atoms with Crippen LogP contribution in [0, 0.1) is 29.6 Å². The standard InChI is InChI=1S/C30H28N6O3S2/c1-18-5-4-6-20(11-18)34-29-35-21(17-41-29)16-40-28-25(13-32)26(24(12-31)27(33)36-28)19-7-9-22(10-8-19)37-14-23-15-38-30(2,3)39-23/h4-11,17,23H,14-16H2,1-3H3,(H2,33,36)(H,34,35). The Morgan fingerprint density at radius 3 is 2.61 bits per heavy atom. The zero-order chi connectivity index (χ0) is 29.0. The minimum atomic E-state index is -0.615. The van der Waals surface area contributed by atoms with Gasteiger partial charge in [0.2, 0.25) is 0 Å². The lowest BCUT2D eigenvalue weighted by atomic mass is 9.97. The summed E-state index contributed by atoms with van der Waals surface area (Å²) in [6.07, 6.45) is -0.160. The van der Waals surface area contributed by atoms with Crippen LogP contribution in [0.1, 0.15) is 36.2 Å². The van der Waals surface area contributed by atoms with Gasteiger partial charge in [0.15, 0.2) is 10.9 Å². The molecule has 2 aromatic carbocycles. The molecule has 1 unspecified atom stereocenters. The van der Waals surface area contributed by atoms with E-state index in [4.69, 9.17) is 19.9 Å². The molecule has 5 rings (SSSR count). The summed E-state index contributed by atoms with van der Waals surface area (Å²) in [4.78, 5) is 9.08. The molecule has 1 aliphatic heterocycles. The number of hydrogen-bond acceptors (Lipinski definition) is 11. The van der Waals surface area contributed by atoms with Crippen LogP contribution in [0.3, 0.4) is 0 Å². The van der Waals surface area contributed by atoms with E-state index in [9.17, 15) is 10.5 Å². The summed E-state index contributed by atoms with van der Waals surface area (Å²) in [7, 11) is 0. The minimum Gasteiger partial charge on any atom is -0.491 e. The molecule has 3 heterocycles. The molecule has 0 amide bonds. The van der Waals surface area contributed by atoms with Crippen LogP contribution < -0.4 is 15.8 Å². The Hall–Kier alpha value is -4.13. The smallest absolute Gasteiger partial charge is 0.187 e. The molecular weight excluding hydrogens is 557 g/mol. The normalized spacial score (nSPS) is 15.7. The van der Waals surface area contributed by atoms with E-state index in [1.165, 1.54) is 23.1 Å². The van der Waals surface area contributed by atoms with Crippen molar-refractivity contribution in [1.82, 2.24) is 9.97 Å². The van der Waals surface area contributed by atoms with Crippen molar-refractivity contribution in [2.75, 3.05) is 24.3 Å². The molecule has 208 valence electrons. The van der Waals surface area contributed by atoms with Crippen molar-refractivity contribution in [3.05, 3.63) is 76.3 Å². The number of aryl methyl sites for hydroxylation is 1. The van der Waals surface area contributed by atoms with Crippen molar-refractivity contribution in [2.24, 2.45) is 0 Å². The average Bonchev–Trinajstić information content (AvgIpc) is 3.55. The van der Waals surface area contributed by atoms with Gasteiger partial charge in [0.05, 0.1) is 17.9 Å². The third-order valence-electron chi connectivity index (χ3n) is 6.24. The molecule has 0 saturated carbocycles. The fourth-order valence-electron chi connectivity index (χ4n) is 4.36. The van der Waals surface area contributed by atoms with Gasteiger partial charge in [0.1, 0.15) is 47.0 Å². The third kappa shape index (κ3) is 6.79. The van der Waals surface area contributed by atoms with Crippen molar-refractivity contribution in [1.29, 1.82) is 10.5 Å². The highest BCUT2D eigenvalue weighted by atomic mass is 32.2. The second kappa shape index (κ2) is 12.2. The highest BCUT2D eigenvalue weighted by Gasteiger charge is 2.33. The maximum Gasteiger partial charge on any atom is 0.187 e. The predicted molar refractivity (Wildman–Crippen MR) is 160 cm³/mol. The number of pyridine rings is 1. The van der Waals surface area contributed by atoms with Crippen molar-refractivity contribution in [2.45, 2.75) is 43.4 Å². The number of benzene rings is 2. The predicted octanol–water partition coefficient (Wildman–Crippen LogP) is 6.41. The Bertz CT molecular complexity index is 1640. The van der Waals surface area contributed by atoms with Crippen molar-refractivity contribution < 1.29 is 14.2 Å². The Morgan fingerprint density at radius 2 is 1.93 bits per heavy atom. The van der Waals surface area contributed by atoms with Gasteiger partial charge in [-0.25, -0.2) is 9.97 Å². The van der Waals surface area contributed by atoms with Gasteiger partial charge in [-0.2, -0.15) is 10.5 Å². The van der Waals surface area contributed by atoms with Crippen LogP contribution in [-0.4, -0.2) is 35.1 Å². The molecule has 3 N–H and O–H groups in total. The second-order valence-electron chi connectivity index (χ2n) is 9.86. The summed E-state index contributed by atoms with van der Waals surface area (Å²) in [6, 6.07) is 19.6. The quantitative estimate of drug-likeness (QED) is 0.212. The lowest BCUT2D eigenvalue weighted by Gasteiger charge is -2.17. The number of aromatic nitrogens is 2. The summed E-state index contributed by atoms with van der Waals surface area (Å²) in [5, 5.41) is 26.5. The third-order valence-corrected chi connectivity index (χ3v) is 8.06. The van der Waals surface area contributed by atoms with Gasteiger partial charge in [0.25, 0.3) is 0 Å². The van der Waals surface area contributed by atoms with E-state index in [1.54, 1.807) is 24.3 Å². The Labute approximate surface area is 246 Å². The summed E-state index contributed by atoms with van der Waals surface area (Å²) in [6.45, 7) is 6.58. The van der Waals surface area contributed by atoms with Gasteiger partial charge < -0.3 is 25.3 Å². The molecule has 11 heteroatoms. The monoisotopic (exact) mass is 584 g/mol. The Balaban J connectivity index is 1.32. The van der Waals surface area contributed by atoms with Crippen molar-refractivity contribution >= 4 is 39.7 Å². The van der Waals surface area contributed by atoms with E-state index in [2.05, 4.69) is 33.5 Å². The molecule has 1 fully saturated rings. The number of nitrogens with two attached hydrogens (primary N) is 1. The first-order chi connectivity index (χ1) is 19.7. The van der Waals surface area contributed by atoms with E-state index < -0.39 is 5.79 Å². The number of nitriles is 2. The number of ether oxygens (including phenoxy) is 3. The lowest BCUT2D eigenvalue weighted by molar-refractivity contribution is -0.141. The number of rotatable bonds is 9. The molecule has 1 aliphatic rings. The van der Waals surface area contributed by atoms with Crippen LogP contribution in [0.15, 0.2) is 58.9 Å². The van der Waals surface area contributed by atoms with Gasteiger partial charge in [-0.15, -0.1) is 11.3 Å². The van der Waals surface area contributed by atoms with E-state index in [-0.39, 0.29) is 17.5 Å². The minimum absolute atomic E-state index is 0.0744. The number of nitrogens with zero attached hydrogens (tertiary/aromatic N) is 4. The second-order valence-corrected chi connectivity index (χ2v) is 11.7. The number of nitrogen functional groups attached to an aromatic ring is 1. The fourth-order valence-corrected chi connectivity index (χ4v) is 6.09. The van der Waals surface area contributed by atoms with Crippen LogP contribution in [0.2, 0.25) is 0 Å². The molecule has 41 heavy (non-hydrogen) atoms. The molecule has 4 aromatic rings. The van der Waals surface area contributed by atoms with Gasteiger partial charge >= 0.3 is 0 Å². The van der Waals surface area contributed by atoms with E-state index in [1.807, 2.05) is 44.4 Å². The fraction of sp³-hybridized carbons (Fsp3) is 0.267. The van der Waals surface area contributed by atoms with Crippen LogP contribution in [0.4, 0.5) is 16.6 Å². The maximum atomic E-state index is 10.1. The molecule has 0 radical (unpaired) electrons. The molecular formula is C30H28N6O3S2. The zero-order valence-electron chi connectivity index (χ0n) is 22.8. The average molecular weight is 585 g/mol. The largest absolute Gasteiger partial charge is 0.491 e. The summed E-state index contributed by atoms with van der Waals surface area (Å²) < 4.78 is 17.2. The zero-order valence-corrected chi connectivity index (χ0v) is 24.4. The molecule has 0 bridgehead atoms. The first-order valence-corrected chi connectivity index (χ1v) is 14.7. The van der Waals surface area contributed by atoms with E-state index in [0.717, 1.165) is 22.1 Å². The first-order valence-electron chi connectivity index (χ1n) is 12.8. The topological polar surface area (TPSA) is 139 Å². The number of hydrogen-bond donors (Lipinski definition) is 2. The maximum absolute atomic E-state index is 10.1. The number of thiazole rings is 1. The van der Waals surface area contributed by atoms with Gasteiger partial charge in [-0.3, -0.25) is 0 Å². The Kier molecular flexibility index (Phi) is 8.43. The van der Waals surface area contributed by atoms with Gasteiger partial charge in [-0.1, -0.05) is 36.0 Å². The number of anilines is 3. The SMILES string of the molecule is Cc1cccc(Nc2nc(CSc3nc(N)c(C#N)c(-c4ccc(OCC5COC(C)(C)O5)cc4)c3C#N)cs2)c1. The van der Waals surface area contributed by atoms with Gasteiger partial charge in [0, 0.05) is 22.4 Å².